The van der Waals surface area contributed by atoms with Crippen molar-refractivity contribution in [2.45, 2.75) is 18.9 Å². The van der Waals surface area contributed by atoms with Gasteiger partial charge in [-0.3, -0.25) is 0 Å². The van der Waals surface area contributed by atoms with Crippen LogP contribution >= 0.6 is 11.6 Å². The molecule has 0 radical (unpaired) electrons. The van der Waals surface area contributed by atoms with E-state index in [2.05, 4.69) is 27.3 Å². The predicted molar refractivity (Wildman–Crippen MR) is 122 cm³/mol. The molecule has 3 heterocycles. The number of carbonyl (C=O) groups excluding carboxylic acids is 1. The molecule has 1 aromatic rings. The minimum atomic E-state index is -0.197. The zero-order chi connectivity index (χ0) is 21.4. The van der Waals surface area contributed by atoms with Gasteiger partial charge in [-0.2, -0.15) is 0 Å². The number of urea groups is 1. The first-order valence-electron chi connectivity index (χ1n) is 11.4. The molecule has 0 saturated carbocycles. The van der Waals surface area contributed by atoms with Gasteiger partial charge in [0.25, 0.3) is 0 Å². The molecule has 1 aromatic carbocycles. The zero-order valence-electron chi connectivity index (χ0n) is 17.7. The molecular formula is C24H30ClFN4O. The van der Waals surface area contributed by atoms with Crippen molar-refractivity contribution < 1.29 is 9.18 Å². The van der Waals surface area contributed by atoms with Crippen LogP contribution in [0.5, 0.6) is 0 Å². The summed E-state index contributed by atoms with van der Waals surface area (Å²) in [6.45, 7) is 6.49. The molecule has 3 atom stereocenters. The first-order chi connectivity index (χ1) is 15.1. The van der Waals surface area contributed by atoms with Crippen LogP contribution in [0.25, 0.3) is 0 Å². The van der Waals surface area contributed by atoms with Crippen LogP contribution in [0, 0.1) is 23.6 Å². The largest absolute Gasteiger partial charge is 0.364 e. The molecule has 0 aromatic heterocycles. The number of nitrogens with one attached hydrogen (secondary N) is 1. The zero-order valence-corrected chi connectivity index (χ0v) is 18.5. The number of hydrogen-bond donors (Lipinski definition) is 1. The Kier molecular flexibility index (Phi) is 5.93. The smallest absolute Gasteiger partial charge is 0.317 e. The van der Waals surface area contributed by atoms with E-state index in [-0.39, 0.29) is 17.9 Å². The SMILES string of the molecule is O=C1NCCN1CCN1CCC(C2CN(c3ccc(F)cc3)C3C=CC(Cl)=CC23)CC1. The standard InChI is InChI=1S/C24H30ClFN4O/c25-18-1-6-23-21(15-18)22(16-30(23)20-4-2-19(26)3-5-20)17-7-10-28(11-8-17)13-14-29-12-9-27-24(29)31/h1-6,15,17,21-23H,7-14,16H2,(H,27,31). The van der Waals surface area contributed by atoms with E-state index in [0.717, 1.165) is 56.5 Å². The van der Waals surface area contributed by atoms with Crippen molar-refractivity contribution in [3.8, 4) is 0 Å². The van der Waals surface area contributed by atoms with Gasteiger partial charge in [-0.05, 0) is 68.1 Å². The normalized spacial score (nSPS) is 29.3. The van der Waals surface area contributed by atoms with Gasteiger partial charge in [-0.1, -0.05) is 23.8 Å². The highest BCUT2D eigenvalue weighted by Gasteiger charge is 2.44. The maximum absolute atomic E-state index is 13.5. The molecule has 0 bridgehead atoms. The summed E-state index contributed by atoms with van der Waals surface area (Å²) in [5.74, 6) is 1.39. The van der Waals surface area contributed by atoms with Gasteiger partial charge in [0.15, 0.2) is 0 Å². The molecule has 7 heteroatoms. The van der Waals surface area contributed by atoms with Crippen LogP contribution in [-0.4, -0.2) is 67.7 Å². The van der Waals surface area contributed by atoms with E-state index in [9.17, 15) is 9.18 Å². The number of carbonyl (C=O) groups is 1. The second-order valence-electron chi connectivity index (χ2n) is 9.17. The quantitative estimate of drug-likeness (QED) is 0.753. The van der Waals surface area contributed by atoms with E-state index in [0.29, 0.717) is 17.8 Å². The molecule has 3 fully saturated rings. The molecule has 2 amide bonds. The molecule has 3 aliphatic heterocycles. The van der Waals surface area contributed by atoms with Crippen LogP contribution in [0.3, 0.4) is 0 Å². The summed E-state index contributed by atoms with van der Waals surface area (Å²) in [5, 5.41) is 3.70. The monoisotopic (exact) mass is 444 g/mol. The highest BCUT2D eigenvalue weighted by molar-refractivity contribution is 6.31. The van der Waals surface area contributed by atoms with Gasteiger partial charge in [-0.15, -0.1) is 0 Å². The topological polar surface area (TPSA) is 38.8 Å². The number of amides is 2. The fourth-order valence-corrected chi connectivity index (χ4v) is 6.00. The number of nitrogens with zero attached hydrogens (tertiary/aromatic N) is 3. The third-order valence-electron chi connectivity index (χ3n) is 7.49. The maximum atomic E-state index is 13.5. The number of benzene rings is 1. The Hall–Kier alpha value is -2.05. The van der Waals surface area contributed by atoms with Gasteiger partial charge < -0.3 is 20.0 Å². The molecule has 4 aliphatic rings. The predicted octanol–water partition coefficient (Wildman–Crippen LogP) is 3.68. The first-order valence-corrected chi connectivity index (χ1v) is 11.8. The van der Waals surface area contributed by atoms with Gasteiger partial charge in [0.2, 0.25) is 0 Å². The summed E-state index contributed by atoms with van der Waals surface area (Å²) in [7, 11) is 0. The molecule has 1 aliphatic carbocycles. The lowest BCUT2D eigenvalue weighted by atomic mass is 9.75. The average molecular weight is 445 g/mol. The molecule has 166 valence electrons. The van der Waals surface area contributed by atoms with Crippen LogP contribution in [-0.2, 0) is 0 Å². The first kappa shape index (κ1) is 20.8. The number of rotatable bonds is 5. The van der Waals surface area contributed by atoms with Gasteiger partial charge in [0.05, 0.1) is 6.04 Å². The van der Waals surface area contributed by atoms with Crippen molar-refractivity contribution in [3.05, 3.63) is 53.3 Å². The van der Waals surface area contributed by atoms with Gasteiger partial charge in [0.1, 0.15) is 5.82 Å². The van der Waals surface area contributed by atoms with E-state index in [1.807, 2.05) is 23.1 Å². The summed E-state index contributed by atoms with van der Waals surface area (Å²) in [5.41, 5.74) is 1.08. The third kappa shape index (κ3) is 4.33. The lowest BCUT2D eigenvalue weighted by molar-refractivity contribution is 0.132. The Labute approximate surface area is 188 Å². The van der Waals surface area contributed by atoms with Crippen molar-refractivity contribution in [3.63, 3.8) is 0 Å². The highest BCUT2D eigenvalue weighted by atomic mass is 35.5. The molecule has 0 spiro atoms. The number of piperidine rings is 1. The summed E-state index contributed by atoms with van der Waals surface area (Å²) < 4.78 is 13.5. The number of allylic oxidation sites excluding steroid dienone is 2. The second-order valence-corrected chi connectivity index (χ2v) is 9.61. The summed E-state index contributed by atoms with van der Waals surface area (Å²) in [4.78, 5) is 18.6. The lowest BCUT2D eigenvalue weighted by Crippen LogP contribution is -2.42. The van der Waals surface area contributed by atoms with Crippen molar-refractivity contribution in [1.82, 2.24) is 15.1 Å². The molecule has 3 unspecified atom stereocenters. The van der Waals surface area contributed by atoms with Crippen molar-refractivity contribution in [2.75, 3.05) is 50.7 Å². The summed E-state index contributed by atoms with van der Waals surface area (Å²) in [6.07, 6.45) is 8.79. The maximum Gasteiger partial charge on any atom is 0.317 e. The summed E-state index contributed by atoms with van der Waals surface area (Å²) >= 11 is 6.40. The average Bonchev–Trinajstić information content (AvgIpc) is 3.36. The fourth-order valence-electron chi connectivity index (χ4n) is 5.78. The minimum Gasteiger partial charge on any atom is -0.364 e. The Bertz CT molecular complexity index is 865. The Morgan fingerprint density at radius 2 is 1.87 bits per heavy atom. The number of likely N-dealkylation sites (tertiary alicyclic amines) is 1. The fraction of sp³-hybridized carbons (Fsp3) is 0.542. The molecule has 5 rings (SSSR count). The number of hydrogen-bond acceptors (Lipinski definition) is 3. The van der Waals surface area contributed by atoms with Crippen LogP contribution < -0.4 is 10.2 Å². The third-order valence-corrected chi connectivity index (χ3v) is 7.74. The van der Waals surface area contributed by atoms with E-state index < -0.39 is 0 Å². The van der Waals surface area contributed by atoms with Crippen LogP contribution in [0.4, 0.5) is 14.9 Å². The van der Waals surface area contributed by atoms with Crippen LogP contribution in [0.1, 0.15) is 12.8 Å². The second kappa shape index (κ2) is 8.83. The van der Waals surface area contributed by atoms with Crippen LogP contribution in [0.2, 0.25) is 0 Å². The van der Waals surface area contributed by atoms with Gasteiger partial charge in [-0.25, -0.2) is 9.18 Å². The number of anilines is 1. The van der Waals surface area contributed by atoms with Crippen molar-refractivity contribution >= 4 is 23.3 Å². The van der Waals surface area contributed by atoms with E-state index >= 15 is 0 Å². The van der Waals surface area contributed by atoms with Crippen LogP contribution in [0.15, 0.2) is 47.5 Å². The minimum absolute atomic E-state index is 0.0711. The summed E-state index contributed by atoms with van der Waals surface area (Å²) in [6, 6.07) is 7.23. The molecular weight excluding hydrogens is 415 g/mol. The lowest BCUT2D eigenvalue weighted by Gasteiger charge is -2.37. The van der Waals surface area contributed by atoms with Gasteiger partial charge in [0, 0.05) is 49.4 Å². The van der Waals surface area contributed by atoms with Gasteiger partial charge >= 0.3 is 6.03 Å². The molecule has 5 nitrogen and oxygen atoms in total. The molecule has 31 heavy (non-hydrogen) atoms. The Balaban J connectivity index is 1.23. The number of fused-ring (bicyclic) bond motifs is 1. The van der Waals surface area contributed by atoms with E-state index in [4.69, 9.17) is 11.6 Å². The van der Waals surface area contributed by atoms with E-state index in [1.165, 1.54) is 12.8 Å². The Morgan fingerprint density at radius 3 is 2.58 bits per heavy atom. The number of halogens is 2. The van der Waals surface area contributed by atoms with E-state index in [1.54, 1.807) is 12.1 Å². The molecule has 1 N–H and O–H groups in total. The molecule has 3 saturated heterocycles. The highest BCUT2D eigenvalue weighted by Crippen LogP contribution is 2.44. The van der Waals surface area contributed by atoms with Crippen molar-refractivity contribution in [1.29, 1.82) is 0 Å². The van der Waals surface area contributed by atoms with Crippen molar-refractivity contribution in [2.24, 2.45) is 17.8 Å². The Morgan fingerprint density at radius 1 is 1.10 bits per heavy atom.